The first-order chi connectivity index (χ1) is 14.8. The van der Waals surface area contributed by atoms with Crippen molar-refractivity contribution in [2.24, 2.45) is 0 Å². The summed E-state index contributed by atoms with van der Waals surface area (Å²) in [5.74, 6) is -0.449. The van der Waals surface area contributed by atoms with E-state index in [1.165, 1.54) is 17.3 Å². The predicted molar refractivity (Wildman–Crippen MR) is 121 cm³/mol. The topological polar surface area (TPSA) is 83.6 Å². The van der Waals surface area contributed by atoms with E-state index in [2.05, 4.69) is 11.9 Å². The fourth-order valence-corrected chi connectivity index (χ4v) is 5.27. The number of anilines is 2. The first-order valence-electron chi connectivity index (χ1n) is 9.62. The van der Waals surface area contributed by atoms with Gasteiger partial charge in [-0.25, -0.2) is 8.42 Å². The maximum Gasteiger partial charge on any atom is 0.265 e. The molecule has 1 N–H and O–H groups in total. The Kier molecular flexibility index (Phi) is 5.20. The summed E-state index contributed by atoms with van der Waals surface area (Å²) in [6.45, 7) is 5.25. The van der Waals surface area contributed by atoms with E-state index >= 15 is 0 Å². The molecule has 156 valence electrons. The first kappa shape index (κ1) is 20.6. The number of benzene rings is 3. The molecule has 0 saturated carbocycles. The summed E-state index contributed by atoms with van der Waals surface area (Å²) in [5, 5.41) is 2.80. The van der Waals surface area contributed by atoms with Gasteiger partial charge < -0.3 is 5.32 Å². The van der Waals surface area contributed by atoms with E-state index < -0.39 is 10.0 Å². The molecule has 4 rings (SSSR count). The number of carbonyl (C=O) groups is 2. The lowest BCUT2D eigenvalue weighted by atomic mass is 10.00. The smallest absolute Gasteiger partial charge is 0.265 e. The lowest BCUT2D eigenvalue weighted by Gasteiger charge is -2.31. The van der Waals surface area contributed by atoms with Gasteiger partial charge in [-0.15, -0.1) is 6.58 Å². The van der Waals surface area contributed by atoms with Crippen LogP contribution in [0.2, 0.25) is 0 Å². The van der Waals surface area contributed by atoms with E-state index in [1.807, 2.05) is 0 Å². The molecule has 0 aliphatic carbocycles. The number of hydrogen-bond donors (Lipinski definition) is 1. The summed E-state index contributed by atoms with van der Waals surface area (Å²) < 4.78 is 27.4. The molecule has 0 saturated heterocycles. The highest BCUT2D eigenvalue weighted by atomic mass is 32.2. The molecule has 1 heterocycles. The SMILES string of the molecule is C=CCN1c2ccc(C(=O)Nc3cccc(C(C)=O)c3)cc2-c2ccccc2S1(=O)=O. The van der Waals surface area contributed by atoms with Gasteiger partial charge in [0.15, 0.2) is 5.78 Å². The lowest BCUT2D eigenvalue weighted by molar-refractivity contribution is 0.101. The van der Waals surface area contributed by atoms with E-state index in [9.17, 15) is 18.0 Å². The fourth-order valence-electron chi connectivity index (χ4n) is 3.61. The minimum atomic E-state index is -3.72. The van der Waals surface area contributed by atoms with Gasteiger partial charge in [-0.05, 0) is 43.3 Å². The molecule has 0 aromatic heterocycles. The number of ketones is 1. The Morgan fingerprint density at radius 1 is 0.968 bits per heavy atom. The van der Waals surface area contributed by atoms with E-state index in [1.54, 1.807) is 66.7 Å². The second-order valence-electron chi connectivity index (χ2n) is 7.14. The molecule has 1 amide bonds. The van der Waals surface area contributed by atoms with Crippen molar-refractivity contribution in [3.05, 3.63) is 90.5 Å². The molecule has 3 aromatic carbocycles. The van der Waals surface area contributed by atoms with Crippen LogP contribution < -0.4 is 9.62 Å². The Balaban J connectivity index is 1.76. The van der Waals surface area contributed by atoms with Crippen molar-refractivity contribution in [2.75, 3.05) is 16.2 Å². The van der Waals surface area contributed by atoms with Crippen LogP contribution in [0.25, 0.3) is 11.1 Å². The second-order valence-corrected chi connectivity index (χ2v) is 8.97. The zero-order valence-electron chi connectivity index (χ0n) is 16.8. The average Bonchev–Trinajstić information content (AvgIpc) is 2.76. The third-order valence-electron chi connectivity index (χ3n) is 5.09. The quantitative estimate of drug-likeness (QED) is 0.475. The van der Waals surface area contributed by atoms with Gasteiger partial charge in [-0.2, -0.15) is 0 Å². The summed E-state index contributed by atoms with van der Waals surface area (Å²) in [4.78, 5) is 24.7. The van der Waals surface area contributed by atoms with Crippen LogP contribution in [0.3, 0.4) is 0 Å². The number of Topliss-reactive ketones (excluding diaryl/α,β-unsaturated/α-hetero) is 1. The third-order valence-corrected chi connectivity index (χ3v) is 6.93. The van der Waals surface area contributed by atoms with Crippen LogP contribution in [0.1, 0.15) is 27.6 Å². The largest absolute Gasteiger partial charge is 0.322 e. The van der Waals surface area contributed by atoms with Gasteiger partial charge in [0.05, 0.1) is 17.1 Å². The Morgan fingerprint density at radius 2 is 1.74 bits per heavy atom. The van der Waals surface area contributed by atoms with Crippen LogP contribution in [0.15, 0.2) is 84.3 Å². The Hall–Kier alpha value is -3.71. The van der Waals surface area contributed by atoms with Crippen molar-refractivity contribution in [2.45, 2.75) is 11.8 Å². The highest BCUT2D eigenvalue weighted by Gasteiger charge is 2.34. The summed E-state index contributed by atoms with van der Waals surface area (Å²) in [5.41, 5.74) is 3.07. The van der Waals surface area contributed by atoms with Crippen LogP contribution in [0, 0.1) is 0 Å². The van der Waals surface area contributed by atoms with Crippen molar-refractivity contribution in [1.29, 1.82) is 0 Å². The van der Waals surface area contributed by atoms with Gasteiger partial charge in [0, 0.05) is 27.9 Å². The molecule has 6 nitrogen and oxygen atoms in total. The number of rotatable bonds is 5. The van der Waals surface area contributed by atoms with Crippen LogP contribution in [-0.2, 0) is 10.0 Å². The molecule has 3 aromatic rings. The summed E-state index contributed by atoms with van der Waals surface area (Å²) >= 11 is 0. The lowest BCUT2D eigenvalue weighted by Crippen LogP contribution is -2.34. The van der Waals surface area contributed by atoms with Crippen molar-refractivity contribution in [3.63, 3.8) is 0 Å². The Morgan fingerprint density at radius 3 is 2.48 bits per heavy atom. The molecule has 7 heteroatoms. The number of fused-ring (bicyclic) bond motifs is 3. The van der Waals surface area contributed by atoms with Gasteiger partial charge in [-0.1, -0.05) is 36.4 Å². The summed E-state index contributed by atoms with van der Waals surface area (Å²) in [7, 11) is -3.72. The molecule has 1 aliphatic rings. The van der Waals surface area contributed by atoms with Crippen LogP contribution in [-0.4, -0.2) is 26.7 Å². The molecule has 0 fully saturated rings. The first-order valence-corrected chi connectivity index (χ1v) is 11.1. The van der Waals surface area contributed by atoms with Crippen LogP contribution in [0.4, 0.5) is 11.4 Å². The fraction of sp³-hybridized carbons (Fsp3) is 0.0833. The Labute approximate surface area is 180 Å². The zero-order valence-corrected chi connectivity index (χ0v) is 17.6. The van der Waals surface area contributed by atoms with Crippen LogP contribution >= 0.6 is 0 Å². The number of nitrogens with zero attached hydrogens (tertiary/aromatic N) is 1. The van der Waals surface area contributed by atoms with E-state index in [-0.39, 0.29) is 23.1 Å². The van der Waals surface area contributed by atoms with Gasteiger partial charge >= 0.3 is 0 Å². The predicted octanol–water partition coefficient (Wildman–Crippen LogP) is 4.50. The number of carbonyl (C=O) groups excluding carboxylic acids is 2. The molecule has 0 unspecified atom stereocenters. The summed E-state index contributed by atoms with van der Waals surface area (Å²) in [6, 6.07) is 18.3. The minimum absolute atomic E-state index is 0.0926. The number of hydrogen-bond acceptors (Lipinski definition) is 4. The van der Waals surface area contributed by atoms with Crippen molar-refractivity contribution in [1.82, 2.24) is 0 Å². The second kappa shape index (κ2) is 7.85. The standard InChI is InChI=1S/C24H20N2O4S/c1-3-13-26-22-12-11-18(24(28)25-19-8-6-7-17(14-19)16(2)27)15-21(22)20-9-4-5-10-23(20)31(26,29)30/h3-12,14-15H,1,13H2,2H3,(H,25,28). The van der Waals surface area contributed by atoms with Crippen LogP contribution in [0.5, 0.6) is 0 Å². The molecular weight excluding hydrogens is 412 g/mol. The normalized spacial score (nSPS) is 13.6. The van der Waals surface area contributed by atoms with Crippen molar-refractivity contribution >= 4 is 33.1 Å². The van der Waals surface area contributed by atoms with E-state index in [0.29, 0.717) is 33.6 Å². The van der Waals surface area contributed by atoms with Gasteiger partial charge in [-0.3, -0.25) is 13.9 Å². The highest BCUT2D eigenvalue weighted by Crippen LogP contribution is 2.43. The number of nitrogens with one attached hydrogen (secondary N) is 1. The third kappa shape index (κ3) is 3.64. The Bertz CT molecular complexity index is 1330. The molecule has 0 radical (unpaired) electrons. The van der Waals surface area contributed by atoms with E-state index in [0.717, 1.165) is 0 Å². The van der Waals surface area contributed by atoms with Crippen molar-refractivity contribution < 1.29 is 18.0 Å². The molecular formula is C24H20N2O4S. The molecule has 0 spiro atoms. The maximum atomic E-state index is 13.1. The maximum absolute atomic E-state index is 13.1. The van der Waals surface area contributed by atoms with Gasteiger partial charge in [0.25, 0.3) is 15.9 Å². The highest BCUT2D eigenvalue weighted by molar-refractivity contribution is 7.93. The van der Waals surface area contributed by atoms with Crippen molar-refractivity contribution in [3.8, 4) is 11.1 Å². The van der Waals surface area contributed by atoms with Gasteiger partial charge in [0.1, 0.15) is 0 Å². The number of amides is 1. The molecule has 0 atom stereocenters. The number of sulfonamides is 1. The van der Waals surface area contributed by atoms with Gasteiger partial charge in [0.2, 0.25) is 0 Å². The monoisotopic (exact) mass is 432 g/mol. The molecule has 0 bridgehead atoms. The molecule has 1 aliphatic heterocycles. The minimum Gasteiger partial charge on any atom is -0.322 e. The zero-order chi connectivity index (χ0) is 22.2. The summed E-state index contributed by atoms with van der Waals surface area (Å²) in [6.07, 6.45) is 1.53. The average molecular weight is 433 g/mol. The molecule has 31 heavy (non-hydrogen) atoms. The van der Waals surface area contributed by atoms with E-state index in [4.69, 9.17) is 0 Å².